The number of halogens is 1. The lowest BCUT2D eigenvalue weighted by atomic mass is 9.93. The summed E-state index contributed by atoms with van der Waals surface area (Å²) in [5.41, 5.74) is 5.36. The van der Waals surface area contributed by atoms with E-state index in [9.17, 15) is 4.79 Å². The highest BCUT2D eigenvalue weighted by atomic mass is 35.5. The number of rotatable bonds is 2. The summed E-state index contributed by atoms with van der Waals surface area (Å²) in [5, 5.41) is 9.66. The van der Waals surface area contributed by atoms with Gasteiger partial charge in [-0.05, 0) is 17.7 Å². The fraction of sp³-hybridized carbons (Fsp3) is 0.364. The number of nitrogens with two attached hydrogens (primary N) is 1. The van der Waals surface area contributed by atoms with Gasteiger partial charge in [-0.25, -0.2) is 0 Å². The Kier molecular flexibility index (Phi) is 3.25. The van der Waals surface area contributed by atoms with Crippen molar-refractivity contribution in [3.63, 3.8) is 0 Å². The van der Waals surface area contributed by atoms with Gasteiger partial charge in [-0.1, -0.05) is 11.6 Å². The van der Waals surface area contributed by atoms with E-state index in [-0.39, 0.29) is 6.42 Å². The first-order valence-corrected chi connectivity index (χ1v) is 6.35. The van der Waals surface area contributed by atoms with E-state index >= 15 is 0 Å². The number of benzene rings is 1. The molecule has 1 unspecified atom stereocenters. The fourth-order valence-electron chi connectivity index (χ4n) is 1.77. The summed E-state index contributed by atoms with van der Waals surface area (Å²) in [6, 6.07) is 3.48. The van der Waals surface area contributed by atoms with Crippen LogP contribution >= 0.6 is 23.4 Å². The van der Waals surface area contributed by atoms with Gasteiger partial charge in [-0.3, -0.25) is 4.79 Å². The maximum absolute atomic E-state index is 11.1. The summed E-state index contributed by atoms with van der Waals surface area (Å²) in [6.45, 7) is 0. The second-order valence-corrected chi connectivity index (χ2v) is 5.38. The molecule has 6 heteroatoms. The van der Waals surface area contributed by atoms with E-state index in [0.29, 0.717) is 16.5 Å². The zero-order valence-corrected chi connectivity index (χ0v) is 10.8. The molecule has 1 aromatic rings. The van der Waals surface area contributed by atoms with E-state index in [4.69, 9.17) is 27.2 Å². The maximum atomic E-state index is 11.1. The van der Waals surface area contributed by atoms with Gasteiger partial charge in [0.25, 0.3) is 0 Å². The monoisotopic (exact) mass is 273 g/mol. The molecule has 0 radical (unpaired) electrons. The largest absolute Gasteiger partial charge is 0.496 e. The lowest BCUT2D eigenvalue weighted by Gasteiger charge is -2.31. The molecule has 17 heavy (non-hydrogen) atoms. The van der Waals surface area contributed by atoms with Crippen LogP contribution in [0.3, 0.4) is 0 Å². The minimum atomic E-state index is -1.26. The number of carbonyl (C=O) groups is 1. The number of carboxylic acids is 1. The van der Waals surface area contributed by atoms with Gasteiger partial charge in [0.2, 0.25) is 0 Å². The smallest absolute Gasteiger partial charge is 0.324 e. The minimum Gasteiger partial charge on any atom is -0.496 e. The predicted octanol–water partition coefficient (Wildman–Crippen LogP) is 1.78. The number of methoxy groups -OCH3 is 1. The van der Waals surface area contributed by atoms with E-state index in [1.165, 1.54) is 11.8 Å². The lowest BCUT2D eigenvalue weighted by Crippen LogP contribution is -2.53. The van der Waals surface area contributed by atoms with E-state index < -0.39 is 11.5 Å². The second kappa shape index (κ2) is 4.40. The number of hydrogen-bond acceptors (Lipinski definition) is 4. The third-order valence-corrected chi connectivity index (χ3v) is 4.53. The quantitative estimate of drug-likeness (QED) is 0.859. The van der Waals surface area contributed by atoms with Crippen LogP contribution in [0.5, 0.6) is 5.75 Å². The first kappa shape index (κ1) is 12.5. The molecule has 92 valence electrons. The Morgan fingerprint density at radius 2 is 2.35 bits per heavy atom. The van der Waals surface area contributed by atoms with Gasteiger partial charge in [0.15, 0.2) is 0 Å². The molecule has 0 aromatic heterocycles. The zero-order chi connectivity index (χ0) is 12.6. The summed E-state index contributed by atoms with van der Waals surface area (Å²) in [6.07, 6.45) is 0.223. The Morgan fingerprint density at radius 3 is 2.94 bits per heavy atom. The van der Waals surface area contributed by atoms with Crippen LogP contribution in [0.15, 0.2) is 17.0 Å². The number of thioether (sulfide) groups is 1. The molecule has 0 amide bonds. The third kappa shape index (κ3) is 2.10. The Morgan fingerprint density at radius 1 is 1.65 bits per heavy atom. The van der Waals surface area contributed by atoms with E-state index in [1.807, 2.05) is 0 Å². The molecule has 1 aromatic carbocycles. The van der Waals surface area contributed by atoms with Gasteiger partial charge in [0.1, 0.15) is 11.3 Å². The van der Waals surface area contributed by atoms with Crippen molar-refractivity contribution in [1.82, 2.24) is 0 Å². The number of ether oxygens (including phenoxy) is 1. The zero-order valence-electron chi connectivity index (χ0n) is 9.20. The van der Waals surface area contributed by atoms with Crippen molar-refractivity contribution in [3.05, 3.63) is 22.7 Å². The number of hydrogen-bond donors (Lipinski definition) is 2. The Labute approximate surface area is 108 Å². The van der Waals surface area contributed by atoms with Crippen molar-refractivity contribution >= 4 is 29.3 Å². The molecule has 1 atom stereocenters. The molecule has 1 aliphatic heterocycles. The van der Waals surface area contributed by atoms with Crippen molar-refractivity contribution in [2.75, 3.05) is 12.9 Å². The van der Waals surface area contributed by atoms with Crippen LogP contribution < -0.4 is 10.5 Å². The molecule has 3 N–H and O–H groups in total. The van der Waals surface area contributed by atoms with E-state index in [0.717, 1.165) is 10.5 Å². The van der Waals surface area contributed by atoms with Crippen molar-refractivity contribution in [3.8, 4) is 5.75 Å². The van der Waals surface area contributed by atoms with Gasteiger partial charge in [0.05, 0.1) is 12.0 Å². The fourth-order valence-corrected chi connectivity index (χ4v) is 3.33. The van der Waals surface area contributed by atoms with Crippen LogP contribution in [0.2, 0.25) is 5.02 Å². The highest BCUT2D eigenvalue weighted by Gasteiger charge is 2.40. The molecule has 4 nitrogen and oxygen atoms in total. The first-order chi connectivity index (χ1) is 7.98. The summed E-state index contributed by atoms with van der Waals surface area (Å²) in [4.78, 5) is 12.0. The van der Waals surface area contributed by atoms with Gasteiger partial charge in [0, 0.05) is 17.2 Å². The van der Waals surface area contributed by atoms with Crippen LogP contribution in [0.4, 0.5) is 0 Å². The molecule has 0 fully saturated rings. The molecular formula is C11H12ClNO3S. The van der Waals surface area contributed by atoms with Gasteiger partial charge >= 0.3 is 5.97 Å². The molecule has 1 aliphatic rings. The topological polar surface area (TPSA) is 72.5 Å². The molecule has 0 saturated carbocycles. The van der Waals surface area contributed by atoms with Crippen LogP contribution in [0.1, 0.15) is 5.56 Å². The highest BCUT2D eigenvalue weighted by molar-refractivity contribution is 7.99. The Hall–Kier alpha value is -0.910. The molecule has 0 spiro atoms. The van der Waals surface area contributed by atoms with Crippen LogP contribution in [0.25, 0.3) is 0 Å². The van der Waals surface area contributed by atoms with Crippen LogP contribution in [0, 0.1) is 0 Å². The van der Waals surface area contributed by atoms with Crippen LogP contribution in [-0.2, 0) is 11.2 Å². The van der Waals surface area contributed by atoms with Gasteiger partial charge in [-0.15, -0.1) is 11.8 Å². The molecule has 0 bridgehead atoms. The number of carboxylic acid groups (broad SMARTS) is 1. The average Bonchev–Trinajstić information content (AvgIpc) is 2.30. The second-order valence-electron chi connectivity index (χ2n) is 3.98. The summed E-state index contributed by atoms with van der Waals surface area (Å²) in [5.74, 6) is 0.0165. The van der Waals surface area contributed by atoms with E-state index in [1.54, 1.807) is 19.2 Å². The Balaban J connectivity index is 2.48. The van der Waals surface area contributed by atoms with E-state index in [2.05, 4.69) is 0 Å². The average molecular weight is 274 g/mol. The van der Waals surface area contributed by atoms with Crippen molar-refractivity contribution in [1.29, 1.82) is 0 Å². The number of fused-ring (bicyclic) bond motifs is 1. The molecule has 1 heterocycles. The Bertz CT molecular complexity index is 480. The number of aliphatic carboxylic acids is 1. The molecule has 0 saturated heterocycles. The van der Waals surface area contributed by atoms with Crippen LogP contribution in [-0.4, -0.2) is 29.5 Å². The summed E-state index contributed by atoms with van der Waals surface area (Å²) >= 11 is 7.46. The normalized spacial score (nSPS) is 23.0. The minimum absolute atomic E-state index is 0.223. The van der Waals surface area contributed by atoms with Crippen molar-refractivity contribution < 1.29 is 14.6 Å². The predicted molar refractivity (Wildman–Crippen MR) is 67.0 cm³/mol. The first-order valence-electron chi connectivity index (χ1n) is 4.98. The maximum Gasteiger partial charge on any atom is 0.324 e. The summed E-state index contributed by atoms with van der Waals surface area (Å²) < 4.78 is 5.23. The SMILES string of the molecule is COc1ccc(Cl)c2c1SCC(N)(C(=O)O)C2. The third-order valence-electron chi connectivity index (χ3n) is 2.78. The molecule has 2 rings (SSSR count). The van der Waals surface area contributed by atoms with Crippen molar-refractivity contribution in [2.45, 2.75) is 16.9 Å². The van der Waals surface area contributed by atoms with Gasteiger partial charge < -0.3 is 15.6 Å². The molecule has 0 aliphatic carbocycles. The summed E-state index contributed by atoms with van der Waals surface area (Å²) in [7, 11) is 1.57. The van der Waals surface area contributed by atoms with Gasteiger partial charge in [-0.2, -0.15) is 0 Å². The molecular weight excluding hydrogens is 262 g/mol. The lowest BCUT2D eigenvalue weighted by molar-refractivity contribution is -0.142. The standard InChI is InChI=1S/C11H12ClNO3S/c1-16-8-3-2-7(12)6-4-11(13,10(14)15)5-17-9(6)8/h2-3H,4-5,13H2,1H3,(H,14,15). The highest BCUT2D eigenvalue weighted by Crippen LogP contribution is 2.43. The van der Waals surface area contributed by atoms with Crippen molar-refractivity contribution in [2.24, 2.45) is 5.73 Å².